The van der Waals surface area contributed by atoms with Crippen LogP contribution in [-0.4, -0.2) is 20.9 Å². The maximum absolute atomic E-state index is 11.3. The zero-order chi connectivity index (χ0) is 10.1. The molecule has 0 aliphatic rings. The Hall–Kier alpha value is -0.480. The van der Waals surface area contributed by atoms with Crippen molar-refractivity contribution >= 4 is 21.6 Å². The number of benzene rings is 1. The summed E-state index contributed by atoms with van der Waals surface area (Å²) in [5, 5.41) is 0. The second-order valence-corrected chi connectivity index (χ2v) is 5.77. The molecule has 0 N–H and O–H groups in total. The Morgan fingerprint density at radius 3 is 2.38 bits per heavy atom. The van der Waals surface area contributed by atoms with E-state index in [-0.39, 0.29) is 0 Å². The molecule has 0 radical (unpaired) electrons. The molecule has 0 heterocycles. The molecule has 0 fully saturated rings. The van der Waals surface area contributed by atoms with Crippen molar-refractivity contribution in [3.8, 4) is 0 Å². The first-order valence-electron chi connectivity index (χ1n) is 3.80. The van der Waals surface area contributed by atoms with Gasteiger partial charge in [0.25, 0.3) is 0 Å². The predicted octanol–water partition coefficient (Wildman–Crippen LogP) is 2.12. The quantitative estimate of drug-likeness (QED) is 0.710. The highest BCUT2D eigenvalue weighted by atomic mass is 32.2. The SMILES string of the molecule is CSc1ccc(C)c(S(C)(=O)=O)c1. The van der Waals surface area contributed by atoms with Crippen LogP contribution in [0.4, 0.5) is 0 Å². The molecule has 0 atom stereocenters. The molecule has 0 bridgehead atoms. The van der Waals surface area contributed by atoms with Crippen LogP contribution in [0.15, 0.2) is 28.0 Å². The second-order valence-electron chi connectivity index (χ2n) is 2.90. The van der Waals surface area contributed by atoms with Crippen molar-refractivity contribution in [3.05, 3.63) is 23.8 Å². The molecule has 0 spiro atoms. The Labute approximate surface area is 83.3 Å². The largest absolute Gasteiger partial charge is 0.224 e. The van der Waals surface area contributed by atoms with E-state index in [0.717, 1.165) is 10.5 Å². The number of sulfone groups is 1. The molecule has 0 aromatic heterocycles. The normalized spacial score (nSPS) is 11.6. The van der Waals surface area contributed by atoms with Crippen molar-refractivity contribution in [3.63, 3.8) is 0 Å². The summed E-state index contributed by atoms with van der Waals surface area (Å²) in [5.41, 5.74) is 0.806. The van der Waals surface area contributed by atoms with Crippen LogP contribution in [-0.2, 0) is 9.84 Å². The summed E-state index contributed by atoms with van der Waals surface area (Å²) in [4.78, 5) is 1.41. The monoisotopic (exact) mass is 216 g/mol. The van der Waals surface area contributed by atoms with Crippen LogP contribution in [0.2, 0.25) is 0 Å². The smallest absolute Gasteiger partial charge is 0.175 e. The lowest BCUT2D eigenvalue weighted by Crippen LogP contribution is -1.99. The summed E-state index contributed by atoms with van der Waals surface area (Å²) in [7, 11) is -3.08. The molecular formula is C9H12O2S2. The minimum absolute atomic E-state index is 0.430. The highest BCUT2D eigenvalue weighted by molar-refractivity contribution is 7.98. The van der Waals surface area contributed by atoms with Crippen LogP contribution >= 0.6 is 11.8 Å². The van der Waals surface area contributed by atoms with E-state index >= 15 is 0 Å². The van der Waals surface area contributed by atoms with Crippen LogP contribution in [0.1, 0.15) is 5.56 Å². The van der Waals surface area contributed by atoms with E-state index in [4.69, 9.17) is 0 Å². The van der Waals surface area contributed by atoms with E-state index < -0.39 is 9.84 Å². The van der Waals surface area contributed by atoms with E-state index in [1.165, 1.54) is 6.26 Å². The first-order valence-corrected chi connectivity index (χ1v) is 6.91. The molecule has 0 amide bonds. The molecule has 13 heavy (non-hydrogen) atoms. The van der Waals surface area contributed by atoms with E-state index in [0.29, 0.717) is 4.90 Å². The number of thioether (sulfide) groups is 1. The van der Waals surface area contributed by atoms with Gasteiger partial charge in [0.05, 0.1) is 4.90 Å². The maximum atomic E-state index is 11.3. The summed E-state index contributed by atoms with van der Waals surface area (Å²) in [6.45, 7) is 1.81. The zero-order valence-electron chi connectivity index (χ0n) is 7.87. The van der Waals surface area contributed by atoms with Crippen molar-refractivity contribution in [2.75, 3.05) is 12.5 Å². The molecular weight excluding hydrogens is 204 g/mol. The number of rotatable bonds is 2. The summed E-state index contributed by atoms with van der Waals surface area (Å²) in [6, 6.07) is 5.48. The number of aryl methyl sites for hydroxylation is 1. The third-order valence-corrected chi connectivity index (χ3v) is 3.76. The van der Waals surface area contributed by atoms with Crippen LogP contribution in [0.3, 0.4) is 0 Å². The molecule has 0 aliphatic heterocycles. The van der Waals surface area contributed by atoms with Crippen LogP contribution < -0.4 is 0 Å². The first-order chi connectivity index (χ1) is 5.95. The Bertz CT molecular complexity index is 408. The minimum atomic E-state index is -3.08. The van der Waals surface area contributed by atoms with Crippen LogP contribution in [0, 0.1) is 6.92 Å². The van der Waals surface area contributed by atoms with E-state index in [1.807, 2.05) is 18.4 Å². The standard InChI is InChI=1S/C9H12O2S2/c1-7-4-5-8(12-2)6-9(7)13(3,10)11/h4-6H,1-3H3. The topological polar surface area (TPSA) is 34.1 Å². The second kappa shape index (κ2) is 3.72. The summed E-state index contributed by atoms with van der Waals surface area (Å²) < 4.78 is 22.6. The molecule has 1 rings (SSSR count). The third-order valence-electron chi connectivity index (χ3n) is 1.79. The molecule has 0 unspecified atom stereocenters. The predicted molar refractivity (Wildman–Crippen MR) is 56.1 cm³/mol. The maximum Gasteiger partial charge on any atom is 0.175 e. The average molecular weight is 216 g/mol. The van der Waals surface area contributed by atoms with Gasteiger partial charge in [-0.25, -0.2) is 8.42 Å². The lowest BCUT2D eigenvalue weighted by atomic mass is 10.2. The molecule has 1 aromatic rings. The van der Waals surface area contributed by atoms with Gasteiger partial charge in [0.15, 0.2) is 9.84 Å². The minimum Gasteiger partial charge on any atom is -0.224 e. The van der Waals surface area contributed by atoms with Gasteiger partial charge in [-0.1, -0.05) is 6.07 Å². The first kappa shape index (κ1) is 10.6. The molecule has 0 aliphatic carbocycles. The van der Waals surface area contributed by atoms with Gasteiger partial charge in [-0.05, 0) is 30.9 Å². The van der Waals surface area contributed by atoms with Gasteiger partial charge in [0.1, 0.15) is 0 Å². The van der Waals surface area contributed by atoms with Crippen LogP contribution in [0.25, 0.3) is 0 Å². The van der Waals surface area contributed by atoms with Gasteiger partial charge in [-0.15, -0.1) is 11.8 Å². The molecule has 72 valence electrons. The van der Waals surface area contributed by atoms with Crippen molar-refractivity contribution < 1.29 is 8.42 Å². The zero-order valence-corrected chi connectivity index (χ0v) is 9.50. The van der Waals surface area contributed by atoms with Crippen LogP contribution in [0.5, 0.6) is 0 Å². The van der Waals surface area contributed by atoms with Gasteiger partial charge in [-0.3, -0.25) is 0 Å². The summed E-state index contributed by atoms with van der Waals surface area (Å²) in [6.07, 6.45) is 3.16. The number of hydrogen-bond acceptors (Lipinski definition) is 3. The molecule has 2 nitrogen and oxygen atoms in total. The van der Waals surface area contributed by atoms with Gasteiger partial charge in [-0.2, -0.15) is 0 Å². The van der Waals surface area contributed by atoms with Gasteiger partial charge >= 0.3 is 0 Å². The third kappa shape index (κ3) is 2.48. The Balaban J connectivity index is 3.36. The lowest BCUT2D eigenvalue weighted by molar-refractivity contribution is 0.601. The van der Waals surface area contributed by atoms with Crippen molar-refractivity contribution in [1.82, 2.24) is 0 Å². The fourth-order valence-electron chi connectivity index (χ4n) is 1.11. The van der Waals surface area contributed by atoms with Crippen molar-refractivity contribution in [2.45, 2.75) is 16.7 Å². The summed E-state index contributed by atoms with van der Waals surface area (Å²) in [5.74, 6) is 0. The number of hydrogen-bond donors (Lipinski definition) is 0. The highest BCUT2D eigenvalue weighted by Gasteiger charge is 2.10. The highest BCUT2D eigenvalue weighted by Crippen LogP contribution is 2.22. The van der Waals surface area contributed by atoms with Gasteiger partial charge in [0, 0.05) is 11.2 Å². The summed E-state index contributed by atoms with van der Waals surface area (Å²) >= 11 is 1.54. The molecule has 4 heteroatoms. The molecule has 0 saturated heterocycles. The van der Waals surface area contributed by atoms with Gasteiger partial charge < -0.3 is 0 Å². The lowest BCUT2D eigenvalue weighted by Gasteiger charge is -2.04. The average Bonchev–Trinajstić information content (AvgIpc) is 2.03. The fraction of sp³-hybridized carbons (Fsp3) is 0.333. The molecule has 1 aromatic carbocycles. The Morgan fingerprint density at radius 2 is 1.92 bits per heavy atom. The van der Waals surface area contributed by atoms with Crippen molar-refractivity contribution in [2.24, 2.45) is 0 Å². The van der Waals surface area contributed by atoms with Gasteiger partial charge in [0.2, 0.25) is 0 Å². The Morgan fingerprint density at radius 1 is 1.31 bits per heavy atom. The molecule has 0 saturated carbocycles. The van der Waals surface area contributed by atoms with E-state index in [1.54, 1.807) is 24.8 Å². The van der Waals surface area contributed by atoms with Crippen molar-refractivity contribution in [1.29, 1.82) is 0 Å². The van der Waals surface area contributed by atoms with E-state index in [9.17, 15) is 8.42 Å². The fourth-order valence-corrected chi connectivity index (χ4v) is 2.62. The Kier molecular flexibility index (Phi) is 3.03. The van der Waals surface area contributed by atoms with E-state index in [2.05, 4.69) is 0 Å².